The largest absolute Gasteiger partial charge is 0.492 e. The zero-order valence-corrected chi connectivity index (χ0v) is 13.4. The quantitative estimate of drug-likeness (QED) is 0.721. The van der Waals surface area contributed by atoms with Gasteiger partial charge in [-0.1, -0.05) is 6.07 Å². The molecule has 9 heteroatoms. The van der Waals surface area contributed by atoms with Crippen LogP contribution in [0.1, 0.15) is 12.8 Å². The minimum Gasteiger partial charge on any atom is -0.492 e. The maximum atomic E-state index is 13.0. The molecule has 0 bridgehead atoms. The molecule has 0 radical (unpaired) electrons. The first kappa shape index (κ1) is 17.6. The summed E-state index contributed by atoms with van der Waals surface area (Å²) in [4.78, 5) is 12.0. The molecular formula is C14H20FN3O4S. The zero-order chi connectivity index (χ0) is 16.9. The van der Waals surface area contributed by atoms with Crippen molar-refractivity contribution in [2.75, 3.05) is 26.2 Å². The van der Waals surface area contributed by atoms with Gasteiger partial charge >= 0.3 is 0 Å². The number of nitrogens with zero attached hydrogens (tertiary/aromatic N) is 1. The molecule has 2 rings (SSSR count). The molecule has 1 saturated heterocycles. The molecule has 1 aromatic carbocycles. The van der Waals surface area contributed by atoms with Crippen LogP contribution in [0.5, 0.6) is 5.75 Å². The number of rotatable bonds is 6. The average molecular weight is 345 g/mol. The van der Waals surface area contributed by atoms with E-state index in [1.165, 1.54) is 16.4 Å². The second-order valence-electron chi connectivity index (χ2n) is 5.32. The van der Waals surface area contributed by atoms with Gasteiger partial charge in [-0.2, -0.15) is 12.7 Å². The normalized spacial score (nSPS) is 17.0. The second kappa shape index (κ2) is 7.71. The van der Waals surface area contributed by atoms with Crippen LogP contribution in [0.25, 0.3) is 0 Å². The van der Waals surface area contributed by atoms with E-state index in [0.717, 1.165) is 0 Å². The molecular weight excluding hydrogens is 325 g/mol. The molecule has 1 amide bonds. The lowest BCUT2D eigenvalue weighted by Crippen LogP contribution is -2.45. The number of benzene rings is 1. The number of hydrogen-bond acceptors (Lipinski definition) is 4. The van der Waals surface area contributed by atoms with Gasteiger partial charge in [0.05, 0.1) is 6.54 Å². The molecule has 0 saturated carbocycles. The van der Waals surface area contributed by atoms with Gasteiger partial charge in [0.25, 0.3) is 10.2 Å². The first-order chi connectivity index (χ1) is 10.9. The molecule has 1 fully saturated rings. The van der Waals surface area contributed by atoms with E-state index in [1.807, 2.05) is 0 Å². The smallest absolute Gasteiger partial charge is 0.276 e. The van der Waals surface area contributed by atoms with Crippen molar-refractivity contribution in [1.82, 2.24) is 9.62 Å². The highest BCUT2D eigenvalue weighted by atomic mass is 32.2. The lowest BCUT2D eigenvalue weighted by Gasteiger charge is -2.29. The van der Waals surface area contributed by atoms with Gasteiger partial charge in [-0.05, 0) is 25.0 Å². The van der Waals surface area contributed by atoms with E-state index in [-0.39, 0.29) is 37.3 Å². The topological polar surface area (TPSA) is 102 Å². The predicted octanol–water partition coefficient (Wildman–Crippen LogP) is 0.236. The Morgan fingerprint density at radius 1 is 1.39 bits per heavy atom. The number of nitrogens with one attached hydrogen (secondary N) is 1. The van der Waals surface area contributed by atoms with Crippen molar-refractivity contribution >= 4 is 16.1 Å². The molecule has 23 heavy (non-hydrogen) atoms. The van der Waals surface area contributed by atoms with Crippen molar-refractivity contribution in [3.05, 3.63) is 30.1 Å². The molecule has 0 aliphatic carbocycles. The van der Waals surface area contributed by atoms with Crippen LogP contribution >= 0.6 is 0 Å². The minimum absolute atomic E-state index is 0.137. The fraction of sp³-hybridized carbons (Fsp3) is 0.500. The Morgan fingerprint density at radius 3 is 2.70 bits per heavy atom. The van der Waals surface area contributed by atoms with Crippen molar-refractivity contribution in [1.29, 1.82) is 0 Å². The Kier molecular flexibility index (Phi) is 5.91. The van der Waals surface area contributed by atoms with Crippen molar-refractivity contribution in [3.63, 3.8) is 0 Å². The van der Waals surface area contributed by atoms with Crippen LogP contribution in [0.2, 0.25) is 0 Å². The van der Waals surface area contributed by atoms with E-state index >= 15 is 0 Å². The minimum atomic E-state index is -3.68. The van der Waals surface area contributed by atoms with Crippen LogP contribution in [0, 0.1) is 11.7 Å². The molecule has 128 valence electrons. The van der Waals surface area contributed by atoms with Gasteiger partial charge in [0.15, 0.2) is 0 Å². The Hall–Kier alpha value is -1.71. The Labute approximate surface area is 134 Å². The van der Waals surface area contributed by atoms with E-state index in [2.05, 4.69) is 5.32 Å². The van der Waals surface area contributed by atoms with Crippen molar-refractivity contribution in [2.45, 2.75) is 12.8 Å². The lowest BCUT2D eigenvalue weighted by atomic mass is 9.97. The van der Waals surface area contributed by atoms with Gasteiger partial charge in [-0.25, -0.2) is 9.53 Å². The summed E-state index contributed by atoms with van der Waals surface area (Å²) in [5.41, 5.74) is 0. The van der Waals surface area contributed by atoms with Crippen molar-refractivity contribution in [3.8, 4) is 5.75 Å². The highest BCUT2D eigenvalue weighted by molar-refractivity contribution is 7.86. The van der Waals surface area contributed by atoms with E-state index in [1.54, 1.807) is 12.1 Å². The monoisotopic (exact) mass is 345 g/mol. The number of nitrogens with two attached hydrogens (primary N) is 1. The van der Waals surface area contributed by atoms with Gasteiger partial charge in [0.2, 0.25) is 5.91 Å². The fourth-order valence-electron chi connectivity index (χ4n) is 2.42. The first-order valence-electron chi connectivity index (χ1n) is 7.30. The number of piperidine rings is 1. The van der Waals surface area contributed by atoms with Crippen LogP contribution in [0.3, 0.4) is 0 Å². The molecule has 3 N–H and O–H groups in total. The molecule has 0 spiro atoms. The molecule has 0 atom stereocenters. The van der Waals surface area contributed by atoms with E-state index in [9.17, 15) is 17.6 Å². The maximum Gasteiger partial charge on any atom is 0.276 e. The van der Waals surface area contributed by atoms with Gasteiger partial charge < -0.3 is 10.1 Å². The van der Waals surface area contributed by atoms with Gasteiger partial charge in [0.1, 0.15) is 18.2 Å². The number of amides is 1. The summed E-state index contributed by atoms with van der Waals surface area (Å²) in [6.07, 6.45) is 0.875. The van der Waals surface area contributed by atoms with Crippen LogP contribution < -0.4 is 15.2 Å². The standard InChI is InChI=1S/C14H20FN3O4S/c15-12-2-1-3-13(10-12)22-9-6-17-14(19)11-4-7-18(8-5-11)23(16,20)21/h1-3,10-11H,4-9H2,(H,17,19)(H2,16,20,21). The lowest BCUT2D eigenvalue weighted by molar-refractivity contribution is -0.126. The fourth-order valence-corrected chi connectivity index (χ4v) is 3.14. The zero-order valence-electron chi connectivity index (χ0n) is 12.6. The first-order valence-corrected chi connectivity index (χ1v) is 8.80. The van der Waals surface area contributed by atoms with Crippen molar-refractivity contribution < 1.29 is 22.3 Å². The van der Waals surface area contributed by atoms with Gasteiger partial charge in [-0.3, -0.25) is 4.79 Å². The Bertz CT molecular complexity index is 645. The summed E-state index contributed by atoms with van der Waals surface area (Å²) in [5.74, 6) is -0.349. The van der Waals surface area contributed by atoms with Gasteiger partial charge in [-0.15, -0.1) is 0 Å². The summed E-state index contributed by atoms with van der Waals surface area (Å²) < 4.78 is 41.8. The highest BCUT2D eigenvalue weighted by Gasteiger charge is 2.28. The van der Waals surface area contributed by atoms with Gasteiger partial charge in [0, 0.05) is 25.1 Å². The summed E-state index contributed by atoms with van der Waals surface area (Å²) >= 11 is 0. The molecule has 1 aliphatic heterocycles. The summed E-state index contributed by atoms with van der Waals surface area (Å²) in [5, 5.41) is 7.78. The number of ether oxygens (including phenoxy) is 1. The molecule has 0 unspecified atom stereocenters. The predicted molar refractivity (Wildman–Crippen MR) is 82.3 cm³/mol. The molecule has 1 aliphatic rings. The Balaban J connectivity index is 1.68. The highest BCUT2D eigenvalue weighted by Crippen LogP contribution is 2.18. The number of hydrogen-bond donors (Lipinski definition) is 2. The number of carbonyl (C=O) groups is 1. The van der Waals surface area contributed by atoms with Crippen molar-refractivity contribution in [2.24, 2.45) is 11.1 Å². The summed E-state index contributed by atoms with van der Waals surface area (Å²) in [6, 6.07) is 5.77. The Morgan fingerprint density at radius 2 is 2.09 bits per heavy atom. The van der Waals surface area contributed by atoms with Crippen LogP contribution in [0.4, 0.5) is 4.39 Å². The SMILES string of the molecule is NS(=O)(=O)N1CCC(C(=O)NCCOc2cccc(F)c2)CC1. The third kappa shape index (κ3) is 5.45. The average Bonchev–Trinajstić information content (AvgIpc) is 2.51. The molecule has 1 aromatic rings. The van der Waals surface area contributed by atoms with E-state index in [0.29, 0.717) is 25.1 Å². The second-order valence-corrected chi connectivity index (χ2v) is 6.86. The van der Waals surface area contributed by atoms with E-state index in [4.69, 9.17) is 9.88 Å². The summed E-state index contributed by atoms with van der Waals surface area (Å²) in [7, 11) is -3.68. The van der Waals surface area contributed by atoms with Crippen LogP contribution in [-0.4, -0.2) is 44.9 Å². The third-order valence-corrected chi connectivity index (χ3v) is 4.74. The molecule has 7 nitrogen and oxygen atoms in total. The summed E-state index contributed by atoms with van der Waals surface area (Å²) in [6.45, 7) is 1.02. The van der Waals surface area contributed by atoms with Crippen LogP contribution in [0.15, 0.2) is 24.3 Å². The maximum absolute atomic E-state index is 13.0. The number of carbonyl (C=O) groups excluding carboxylic acids is 1. The van der Waals surface area contributed by atoms with Crippen LogP contribution in [-0.2, 0) is 15.0 Å². The number of halogens is 1. The molecule has 1 heterocycles. The molecule has 0 aromatic heterocycles. The third-order valence-electron chi connectivity index (χ3n) is 3.65. The van der Waals surface area contributed by atoms with E-state index < -0.39 is 10.2 Å².